The first-order valence-corrected chi connectivity index (χ1v) is 7.12. The number of aliphatic hydroxyl groups is 1. The summed E-state index contributed by atoms with van der Waals surface area (Å²) >= 11 is 5.98. The third-order valence-electron chi connectivity index (χ3n) is 2.82. The van der Waals surface area contributed by atoms with E-state index in [1.165, 1.54) is 0 Å². The summed E-state index contributed by atoms with van der Waals surface area (Å²) in [6.07, 6.45) is 0. The van der Waals surface area contributed by atoms with Crippen LogP contribution in [0.4, 0.5) is 5.82 Å². The Labute approximate surface area is 129 Å². The molecule has 0 unspecified atom stereocenters. The second-order valence-corrected chi connectivity index (χ2v) is 4.85. The van der Waals surface area contributed by atoms with E-state index in [0.717, 1.165) is 11.1 Å². The molecule has 2 N–H and O–H groups in total. The Morgan fingerprint density at radius 2 is 2.05 bits per heavy atom. The van der Waals surface area contributed by atoms with Gasteiger partial charge in [-0.1, -0.05) is 35.9 Å². The van der Waals surface area contributed by atoms with Crippen LogP contribution in [0.1, 0.15) is 23.9 Å². The van der Waals surface area contributed by atoms with Crippen molar-refractivity contribution in [2.75, 3.05) is 11.9 Å². The van der Waals surface area contributed by atoms with E-state index in [-0.39, 0.29) is 6.61 Å². The van der Waals surface area contributed by atoms with Gasteiger partial charge in [-0.3, -0.25) is 0 Å². The number of nitrogens with zero attached hydrogens (tertiary/aromatic N) is 2. The van der Waals surface area contributed by atoms with Gasteiger partial charge in [-0.2, -0.15) is 0 Å². The standard InChI is InChI=1S/C15H18ClN3O2/c1-2-21-10-15-18-13(16)7-14(19-15)17-8-11-4-3-5-12(6-11)9-20/h3-7,20H,2,8-10H2,1H3,(H,17,18,19). The molecule has 0 amide bonds. The Morgan fingerprint density at radius 1 is 1.24 bits per heavy atom. The fourth-order valence-corrected chi connectivity index (χ4v) is 2.04. The summed E-state index contributed by atoms with van der Waals surface area (Å²) in [5.41, 5.74) is 1.94. The number of nitrogens with one attached hydrogen (secondary N) is 1. The summed E-state index contributed by atoms with van der Waals surface area (Å²) in [5.74, 6) is 1.20. The van der Waals surface area contributed by atoms with E-state index >= 15 is 0 Å². The van der Waals surface area contributed by atoms with Crippen molar-refractivity contribution in [3.05, 3.63) is 52.4 Å². The molecule has 0 radical (unpaired) electrons. The lowest BCUT2D eigenvalue weighted by Crippen LogP contribution is -2.06. The van der Waals surface area contributed by atoms with Crippen LogP contribution in [-0.4, -0.2) is 21.7 Å². The Morgan fingerprint density at radius 3 is 2.81 bits per heavy atom. The van der Waals surface area contributed by atoms with Gasteiger partial charge in [-0.25, -0.2) is 9.97 Å². The third-order valence-corrected chi connectivity index (χ3v) is 3.02. The fraction of sp³-hybridized carbons (Fsp3) is 0.333. The number of aromatic nitrogens is 2. The summed E-state index contributed by atoms with van der Waals surface area (Å²) < 4.78 is 5.28. The lowest BCUT2D eigenvalue weighted by molar-refractivity contribution is 0.128. The quantitative estimate of drug-likeness (QED) is 0.770. The van der Waals surface area contributed by atoms with Crippen molar-refractivity contribution in [2.45, 2.75) is 26.7 Å². The highest BCUT2D eigenvalue weighted by atomic mass is 35.5. The lowest BCUT2D eigenvalue weighted by atomic mass is 10.1. The molecule has 0 spiro atoms. The van der Waals surface area contributed by atoms with E-state index in [0.29, 0.717) is 36.6 Å². The maximum Gasteiger partial charge on any atom is 0.158 e. The van der Waals surface area contributed by atoms with E-state index in [1.807, 2.05) is 31.2 Å². The highest BCUT2D eigenvalue weighted by Gasteiger charge is 2.04. The van der Waals surface area contributed by atoms with Crippen LogP contribution in [0.15, 0.2) is 30.3 Å². The van der Waals surface area contributed by atoms with Crippen molar-refractivity contribution >= 4 is 17.4 Å². The molecule has 0 saturated carbocycles. The van der Waals surface area contributed by atoms with E-state index in [9.17, 15) is 0 Å². The van der Waals surface area contributed by atoms with Crippen LogP contribution in [0.3, 0.4) is 0 Å². The molecule has 1 heterocycles. The van der Waals surface area contributed by atoms with Crippen molar-refractivity contribution in [3.8, 4) is 0 Å². The Balaban J connectivity index is 2.03. The van der Waals surface area contributed by atoms with Crippen molar-refractivity contribution in [1.29, 1.82) is 0 Å². The highest BCUT2D eigenvalue weighted by Crippen LogP contribution is 2.14. The molecule has 0 atom stereocenters. The zero-order valence-corrected chi connectivity index (χ0v) is 12.6. The molecule has 0 fully saturated rings. The molecule has 1 aromatic carbocycles. The molecule has 5 nitrogen and oxygen atoms in total. The molecule has 0 bridgehead atoms. The second-order valence-electron chi connectivity index (χ2n) is 4.46. The van der Waals surface area contributed by atoms with Gasteiger partial charge in [-0.15, -0.1) is 0 Å². The number of hydrogen-bond donors (Lipinski definition) is 2. The Hall–Kier alpha value is -1.69. The first-order chi connectivity index (χ1) is 10.2. The molecule has 0 aliphatic rings. The molecule has 112 valence electrons. The van der Waals surface area contributed by atoms with Gasteiger partial charge >= 0.3 is 0 Å². The summed E-state index contributed by atoms with van der Waals surface area (Å²) in [7, 11) is 0. The summed E-state index contributed by atoms with van der Waals surface area (Å²) in [6, 6.07) is 9.39. The van der Waals surface area contributed by atoms with Gasteiger partial charge in [0.05, 0.1) is 6.61 Å². The first-order valence-electron chi connectivity index (χ1n) is 6.75. The van der Waals surface area contributed by atoms with E-state index in [1.54, 1.807) is 6.07 Å². The van der Waals surface area contributed by atoms with Crippen molar-refractivity contribution in [1.82, 2.24) is 9.97 Å². The molecule has 2 rings (SSSR count). The monoisotopic (exact) mass is 307 g/mol. The first kappa shape index (κ1) is 15.7. The highest BCUT2D eigenvalue weighted by molar-refractivity contribution is 6.29. The smallest absolute Gasteiger partial charge is 0.158 e. The number of hydrogen-bond acceptors (Lipinski definition) is 5. The van der Waals surface area contributed by atoms with Gasteiger partial charge in [0.1, 0.15) is 17.6 Å². The summed E-state index contributed by atoms with van der Waals surface area (Å²) in [5, 5.41) is 12.7. The molecule has 6 heteroatoms. The van der Waals surface area contributed by atoms with Crippen LogP contribution in [0.25, 0.3) is 0 Å². The Bertz CT molecular complexity index is 593. The van der Waals surface area contributed by atoms with E-state index in [4.69, 9.17) is 21.4 Å². The van der Waals surface area contributed by atoms with Gasteiger partial charge in [0, 0.05) is 19.2 Å². The molecule has 1 aromatic heterocycles. The average molecular weight is 308 g/mol. The van der Waals surface area contributed by atoms with Crippen LogP contribution in [0.2, 0.25) is 5.15 Å². The number of anilines is 1. The molecule has 0 saturated heterocycles. The minimum Gasteiger partial charge on any atom is -0.392 e. The predicted molar refractivity (Wildman–Crippen MR) is 82.1 cm³/mol. The van der Waals surface area contributed by atoms with Gasteiger partial charge in [-0.05, 0) is 18.1 Å². The molecular formula is C15H18ClN3O2. The zero-order chi connectivity index (χ0) is 15.1. The predicted octanol–water partition coefficient (Wildman–Crippen LogP) is 2.77. The number of rotatable bonds is 7. The molecule has 21 heavy (non-hydrogen) atoms. The van der Waals surface area contributed by atoms with Crippen LogP contribution in [-0.2, 0) is 24.5 Å². The lowest BCUT2D eigenvalue weighted by Gasteiger charge is -2.09. The zero-order valence-electron chi connectivity index (χ0n) is 11.8. The van der Waals surface area contributed by atoms with Gasteiger partial charge in [0.15, 0.2) is 5.82 Å². The van der Waals surface area contributed by atoms with Gasteiger partial charge in [0.25, 0.3) is 0 Å². The topological polar surface area (TPSA) is 67.3 Å². The minimum atomic E-state index is 0.0334. The molecular weight excluding hydrogens is 290 g/mol. The number of aliphatic hydroxyl groups excluding tert-OH is 1. The number of halogens is 1. The maximum absolute atomic E-state index is 9.13. The van der Waals surface area contributed by atoms with Crippen LogP contribution in [0.5, 0.6) is 0 Å². The largest absolute Gasteiger partial charge is 0.392 e. The molecule has 0 aliphatic heterocycles. The number of benzene rings is 1. The SMILES string of the molecule is CCOCc1nc(Cl)cc(NCc2cccc(CO)c2)n1. The number of ether oxygens (including phenoxy) is 1. The van der Waals surface area contributed by atoms with E-state index < -0.39 is 0 Å². The van der Waals surface area contributed by atoms with Crippen LogP contribution >= 0.6 is 11.6 Å². The Kier molecular flexibility index (Phi) is 5.92. The normalized spacial score (nSPS) is 10.6. The fourth-order valence-electron chi connectivity index (χ4n) is 1.84. The van der Waals surface area contributed by atoms with Gasteiger partial charge < -0.3 is 15.2 Å². The van der Waals surface area contributed by atoms with Crippen molar-refractivity contribution in [2.24, 2.45) is 0 Å². The van der Waals surface area contributed by atoms with Crippen LogP contribution < -0.4 is 5.32 Å². The summed E-state index contributed by atoms with van der Waals surface area (Å²) in [6.45, 7) is 3.48. The van der Waals surface area contributed by atoms with Crippen molar-refractivity contribution < 1.29 is 9.84 Å². The average Bonchev–Trinajstić information content (AvgIpc) is 2.50. The molecule has 0 aliphatic carbocycles. The second kappa shape index (κ2) is 7.93. The maximum atomic E-state index is 9.13. The summed E-state index contributed by atoms with van der Waals surface area (Å²) in [4.78, 5) is 8.46. The molecule has 2 aromatic rings. The third kappa shape index (κ3) is 4.97. The van der Waals surface area contributed by atoms with Crippen molar-refractivity contribution in [3.63, 3.8) is 0 Å². The minimum absolute atomic E-state index is 0.0334. The van der Waals surface area contributed by atoms with Gasteiger partial charge in [0.2, 0.25) is 0 Å². The van der Waals surface area contributed by atoms with Crippen LogP contribution in [0, 0.1) is 0 Å². The van der Waals surface area contributed by atoms with E-state index in [2.05, 4.69) is 15.3 Å².